The molecule has 7 heteroatoms. The van der Waals surface area contributed by atoms with Gasteiger partial charge < -0.3 is 14.6 Å². The van der Waals surface area contributed by atoms with Crippen molar-refractivity contribution in [2.75, 3.05) is 12.4 Å². The molecule has 0 spiro atoms. The molecule has 2 aromatic carbocycles. The van der Waals surface area contributed by atoms with Gasteiger partial charge in [-0.05, 0) is 24.3 Å². The van der Waals surface area contributed by atoms with Crippen molar-refractivity contribution in [3.8, 4) is 17.1 Å². The molecule has 1 amide bonds. The van der Waals surface area contributed by atoms with Crippen molar-refractivity contribution in [1.29, 1.82) is 0 Å². The smallest absolute Gasteiger partial charge is 0.277 e. The maximum Gasteiger partial charge on any atom is 0.277 e. The van der Waals surface area contributed by atoms with E-state index in [4.69, 9.17) is 20.9 Å². The van der Waals surface area contributed by atoms with Gasteiger partial charge in [-0.3, -0.25) is 4.79 Å². The highest BCUT2D eigenvalue weighted by Crippen LogP contribution is 2.27. The molecule has 0 aliphatic carbocycles. The maximum atomic E-state index is 13.2. The lowest BCUT2D eigenvalue weighted by Crippen LogP contribution is -2.13. The normalized spacial score (nSPS) is 10.5. The van der Waals surface area contributed by atoms with Gasteiger partial charge in [-0.15, -0.1) is 0 Å². The van der Waals surface area contributed by atoms with Crippen LogP contribution in [0.15, 0.2) is 53.1 Å². The lowest BCUT2D eigenvalue weighted by Gasteiger charge is -2.08. The standard InChI is InChI=1S/C17H12ClFN2O3/c1-23-16-8-12(19)5-6-13(16)20-17(22)14-9-15(24-21-14)10-3-2-4-11(18)7-10/h2-9H,1H3,(H,20,22). The van der Waals surface area contributed by atoms with Crippen molar-refractivity contribution in [3.63, 3.8) is 0 Å². The first-order valence-corrected chi connectivity index (χ1v) is 7.32. The molecule has 0 saturated carbocycles. The summed E-state index contributed by atoms with van der Waals surface area (Å²) in [7, 11) is 1.39. The SMILES string of the molecule is COc1cc(F)ccc1NC(=O)c1cc(-c2cccc(Cl)c2)on1. The second-order valence-corrected chi connectivity index (χ2v) is 5.32. The van der Waals surface area contributed by atoms with Crippen molar-refractivity contribution in [1.82, 2.24) is 5.16 Å². The number of carbonyl (C=O) groups is 1. The molecule has 122 valence electrons. The van der Waals surface area contributed by atoms with Crippen LogP contribution in [0, 0.1) is 5.82 Å². The predicted molar refractivity (Wildman–Crippen MR) is 87.9 cm³/mol. The molecule has 0 aliphatic rings. The van der Waals surface area contributed by atoms with Gasteiger partial charge in [0.2, 0.25) is 0 Å². The molecule has 0 atom stereocenters. The Balaban J connectivity index is 1.82. The summed E-state index contributed by atoms with van der Waals surface area (Å²) >= 11 is 5.93. The fourth-order valence-corrected chi connectivity index (χ4v) is 2.30. The number of amides is 1. The van der Waals surface area contributed by atoms with Gasteiger partial charge in [0.05, 0.1) is 12.8 Å². The number of rotatable bonds is 4. The van der Waals surface area contributed by atoms with Crippen LogP contribution in [0.5, 0.6) is 5.75 Å². The number of methoxy groups -OCH3 is 1. The van der Waals surface area contributed by atoms with Crippen molar-refractivity contribution in [2.24, 2.45) is 0 Å². The average Bonchev–Trinajstić information content (AvgIpc) is 3.06. The Hall–Kier alpha value is -2.86. The number of benzene rings is 2. The summed E-state index contributed by atoms with van der Waals surface area (Å²) in [5, 5.41) is 6.90. The molecular weight excluding hydrogens is 335 g/mol. The Labute approximate surface area is 142 Å². The molecule has 0 aliphatic heterocycles. The van der Waals surface area contributed by atoms with E-state index in [1.54, 1.807) is 24.3 Å². The first-order valence-electron chi connectivity index (χ1n) is 6.94. The van der Waals surface area contributed by atoms with E-state index in [1.165, 1.54) is 31.4 Å². The van der Waals surface area contributed by atoms with Crippen LogP contribution in [0.2, 0.25) is 5.02 Å². The zero-order valence-electron chi connectivity index (χ0n) is 12.5. The van der Waals surface area contributed by atoms with Crippen LogP contribution in [0.3, 0.4) is 0 Å². The third-order valence-electron chi connectivity index (χ3n) is 3.26. The van der Waals surface area contributed by atoms with Crippen molar-refractivity contribution < 1.29 is 18.4 Å². The summed E-state index contributed by atoms with van der Waals surface area (Å²) in [5.41, 5.74) is 1.11. The monoisotopic (exact) mass is 346 g/mol. The van der Waals surface area contributed by atoms with Crippen LogP contribution in [0.4, 0.5) is 10.1 Å². The fourth-order valence-electron chi connectivity index (χ4n) is 2.11. The van der Waals surface area contributed by atoms with E-state index in [-0.39, 0.29) is 11.4 Å². The second-order valence-electron chi connectivity index (χ2n) is 4.89. The molecule has 1 heterocycles. The number of hydrogen-bond acceptors (Lipinski definition) is 4. The molecule has 24 heavy (non-hydrogen) atoms. The van der Waals surface area contributed by atoms with Crippen LogP contribution in [-0.2, 0) is 0 Å². The Morgan fingerprint density at radius 2 is 2.08 bits per heavy atom. The number of anilines is 1. The number of aromatic nitrogens is 1. The highest BCUT2D eigenvalue weighted by Gasteiger charge is 2.16. The van der Waals surface area contributed by atoms with E-state index in [0.29, 0.717) is 22.0 Å². The minimum absolute atomic E-state index is 0.0800. The van der Waals surface area contributed by atoms with Gasteiger partial charge in [0, 0.05) is 22.7 Å². The maximum absolute atomic E-state index is 13.2. The molecular formula is C17H12ClFN2O3. The van der Waals surface area contributed by atoms with Crippen LogP contribution in [0.1, 0.15) is 10.5 Å². The van der Waals surface area contributed by atoms with Gasteiger partial charge >= 0.3 is 0 Å². The molecule has 3 rings (SSSR count). The summed E-state index contributed by atoms with van der Waals surface area (Å²) in [4.78, 5) is 12.3. The van der Waals surface area contributed by atoms with E-state index in [1.807, 2.05) is 0 Å². The van der Waals surface area contributed by atoms with Gasteiger partial charge in [-0.2, -0.15) is 0 Å². The Morgan fingerprint density at radius 1 is 1.25 bits per heavy atom. The molecule has 0 bridgehead atoms. The summed E-state index contributed by atoms with van der Waals surface area (Å²) < 4.78 is 23.4. The zero-order valence-corrected chi connectivity index (χ0v) is 13.3. The third kappa shape index (κ3) is 3.38. The second kappa shape index (κ2) is 6.72. The Morgan fingerprint density at radius 3 is 2.83 bits per heavy atom. The van der Waals surface area contributed by atoms with Crippen LogP contribution in [0.25, 0.3) is 11.3 Å². The number of ether oxygens (including phenoxy) is 1. The van der Waals surface area contributed by atoms with Gasteiger partial charge in [-0.25, -0.2) is 4.39 Å². The van der Waals surface area contributed by atoms with Crippen molar-refractivity contribution in [2.45, 2.75) is 0 Å². The lowest BCUT2D eigenvalue weighted by atomic mass is 10.1. The van der Waals surface area contributed by atoms with Crippen LogP contribution in [-0.4, -0.2) is 18.2 Å². The van der Waals surface area contributed by atoms with E-state index in [2.05, 4.69) is 10.5 Å². The summed E-state index contributed by atoms with van der Waals surface area (Å²) in [6, 6.07) is 12.3. The van der Waals surface area contributed by atoms with E-state index in [9.17, 15) is 9.18 Å². The molecule has 5 nitrogen and oxygen atoms in total. The predicted octanol–water partition coefficient (Wildman–Crippen LogP) is 4.40. The molecule has 1 aromatic heterocycles. The summed E-state index contributed by atoms with van der Waals surface area (Å²) in [5.74, 6) is -0.345. The first-order chi connectivity index (χ1) is 11.6. The zero-order chi connectivity index (χ0) is 17.1. The first kappa shape index (κ1) is 16.0. The minimum Gasteiger partial charge on any atom is -0.494 e. The molecule has 0 saturated heterocycles. The highest BCUT2D eigenvalue weighted by molar-refractivity contribution is 6.30. The van der Waals surface area contributed by atoms with Gasteiger partial charge in [0.15, 0.2) is 11.5 Å². The van der Waals surface area contributed by atoms with Crippen LogP contribution >= 0.6 is 11.6 Å². The largest absolute Gasteiger partial charge is 0.494 e. The minimum atomic E-state index is -0.503. The summed E-state index contributed by atoms with van der Waals surface area (Å²) in [6.07, 6.45) is 0. The molecule has 0 radical (unpaired) electrons. The van der Waals surface area contributed by atoms with Crippen molar-refractivity contribution in [3.05, 3.63) is 65.1 Å². The fraction of sp³-hybridized carbons (Fsp3) is 0.0588. The number of hydrogen-bond donors (Lipinski definition) is 1. The Bertz CT molecular complexity index is 895. The topological polar surface area (TPSA) is 64.4 Å². The number of nitrogens with one attached hydrogen (secondary N) is 1. The number of carbonyl (C=O) groups excluding carboxylic acids is 1. The number of nitrogens with zero attached hydrogens (tertiary/aromatic N) is 1. The highest BCUT2D eigenvalue weighted by atomic mass is 35.5. The van der Waals surface area contributed by atoms with E-state index in [0.717, 1.165) is 0 Å². The average molecular weight is 347 g/mol. The van der Waals surface area contributed by atoms with Gasteiger partial charge in [-0.1, -0.05) is 28.9 Å². The Kier molecular flexibility index (Phi) is 4.48. The van der Waals surface area contributed by atoms with E-state index < -0.39 is 11.7 Å². The van der Waals surface area contributed by atoms with Gasteiger partial charge in [0.25, 0.3) is 5.91 Å². The third-order valence-corrected chi connectivity index (χ3v) is 3.50. The molecule has 0 unspecified atom stereocenters. The number of halogens is 2. The molecule has 3 aromatic rings. The molecule has 1 N–H and O–H groups in total. The van der Waals surface area contributed by atoms with Gasteiger partial charge in [0.1, 0.15) is 11.6 Å². The lowest BCUT2D eigenvalue weighted by molar-refractivity contribution is 0.101. The van der Waals surface area contributed by atoms with E-state index >= 15 is 0 Å². The van der Waals surface area contributed by atoms with Crippen molar-refractivity contribution >= 4 is 23.2 Å². The quantitative estimate of drug-likeness (QED) is 0.760. The van der Waals surface area contributed by atoms with Crippen LogP contribution < -0.4 is 10.1 Å². The summed E-state index contributed by atoms with van der Waals surface area (Å²) in [6.45, 7) is 0. The molecule has 0 fully saturated rings.